The van der Waals surface area contributed by atoms with Crippen LogP contribution >= 0.6 is 0 Å². The Hall–Kier alpha value is -1.91. The summed E-state index contributed by atoms with van der Waals surface area (Å²) in [5.41, 5.74) is 5.25. The van der Waals surface area contributed by atoms with Crippen molar-refractivity contribution in [2.75, 3.05) is 12.8 Å². The first-order valence-electron chi connectivity index (χ1n) is 3.78. The number of benzene rings is 1. The number of nitrogen functional groups attached to an aromatic ring is 1. The molecule has 14 heavy (non-hydrogen) atoms. The molecular formula is C9H9FN2O2. The van der Waals surface area contributed by atoms with E-state index in [0.717, 1.165) is 19.2 Å². The standard InChI is InChI=1S/C9H9FN2O2/c1-14-9(13)8(12)6-3-2-5(10)4-7(6)11/h2-4,12H,11H2,1H3. The largest absolute Gasteiger partial charge is 0.464 e. The zero-order valence-electron chi connectivity index (χ0n) is 7.50. The van der Waals surface area contributed by atoms with Crippen LogP contribution < -0.4 is 5.73 Å². The first-order chi connectivity index (χ1) is 6.56. The number of esters is 1. The highest BCUT2D eigenvalue weighted by atomic mass is 19.1. The van der Waals surface area contributed by atoms with E-state index < -0.39 is 11.8 Å². The number of ether oxygens (including phenoxy) is 1. The molecule has 5 heteroatoms. The molecular weight excluding hydrogens is 187 g/mol. The van der Waals surface area contributed by atoms with E-state index in [2.05, 4.69) is 4.74 Å². The van der Waals surface area contributed by atoms with Gasteiger partial charge in [-0.1, -0.05) is 0 Å². The Morgan fingerprint density at radius 3 is 2.71 bits per heavy atom. The number of carbonyl (C=O) groups is 1. The average molecular weight is 196 g/mol. The summed E-state index contributed by atoms with van der Waals surface area (Å²) < 4.78 is 17.0. The molecule has 0 saturated heterocycles. The van der Waals surface area contributed by atoms with E-state index in [-0.39, 0.29) is 17.0 Å². The summed E-state index contributed by atoms with van der Waals surface area (Å²) in [5.74, 6) is -1.31. The summed E-state index contributed by atoms with van der Waals surface area (Å²) in [6.45, 7) is 0. The van der Waals surface area contributed by atoms with E-state index in [1.54, 1.807) is 0 Å². The van der Waals surface area contributed by atoms with Crippen LogP contribution in [-0.4, -0.2) is 18.8 Å². The van der Waals surface area contributed by atoms with Crippen molar-refractivity contribution < 1.29 is 13.9 Å². The van der Waals surface area contributed by atoms with Crippen LogP contribution in [0.2, 0.25) is 0 Å². The smallest absolute Gasteiger partial charge is 0.356 e. The van der Waals surface area contributed by atoms with Crippen LogP contribution in [-0.2, 0) is 9.53 Å². The molecule has 0 aromatic heterocycles. The Kier molecular flexibility index (Phi) is 2.81. The maximum Gasteiger partial charge on any atom is 0.356 e. The lowest BCUT2D eigenvalue weighted by atomic mass is 10.1. The van der Waals surface area contributed by atoms with Gasteiger partial charge in [0.25, 0.3) is 0 Å². The summed E-state index contributed by atoms with van der Waals surface area (Å²) in [5, 5.41) is 7.37. The minimum atomic E-state index is -0.802. The van der Waals surface area contributed by atoms with Gasteiger partial charge >= 0.3 is 5.97 Å². The highest BCUT2D eigenvalue weighted by molar-refractivity contribution is 6.43. The van der Waals surface area contributed by atoms with E-state index in [4.69, 9.17) is 11.1 Å². The molecule has 1 rings (SSSR count). The van der Waals surface area contributed by atoms with Crippen molar-refractivity contribution in [3.63, 3.8) is 0 Å². The van der Waals surface area contributed by atoms with Crippen molar-refractivity contribution in [2.24, 2.45) is 0 Å². The van der Waals surface area contributed by atoms with Crippen molar-refractivity contribution in [1.29, 1.82) is 5.41 Å². The minimum absolute atomic E-state index is 0.0420. The highest BCUT2D eigenvalue weighted by Gasteiger charge is 2.14. The van der Waals surface area contributed by atoms with E-state index in [9.17, 15) is 9.18 Å². The minimum Gasteiger partial charge on any atom is -0.464 e. The lowest BCUT2D eigenvalue weighted by Crippen LogP contribution is -2.17. The van der Waals surface area contributed by atoms with Gasteiger partial charge in [0.15, 0.2) is 0 Å². The van der Waals surface area contributed by atoms with Crippen molar-refractivity contribution in [2.45, 2.75) is 0 Å². The maximum atomic E-state index is 12.6. The van der Waals surface area contributed by atoms with Gasteiger partial charge in [0.1, 0.15) is 11.5 Å². The molecule has 1 aromatic rings. The Morgan fingerprint density at radius 2 is 2.21 bits per heavy atom. The number of carbonyl (C=O) groups excluding carboxylic acids is 1. The molecule has 0 aliphatic rings. The number of halogens is 1. The zero-order valence-corrected chi connectivity index (χ0v) is 7.50. The normalized spacial score (nSPS) is 9.57. The number of methoxy groups -OCH3 is 1. The Morgan fingerprint density at radius 1 is 1.57 bits per heavy atom. The van der Waals surface area contributed by atoms with Crippen LogP contribution in [0.3, 0.4) is 0 Å². The van der Waals surface area contributed by atoms with E-state index in [1.807, 2.05) is 0 Å². The second-order valence-electron chi connectivity index (χ2n) is 2.60. The van der Waals surface area contributed by atoms with Crippen LogP contribution in [0.1, 0.15) is 5.56 Å². The second-order valence-corrected chi connectivity index (χ2v) is 2.60. The van der Waals surface area contributed by atoms with Crippen LogP contribution in [0.4, 0.5) is 10.1 Å². The average Bonchev–Trinajstić information content (AvgIpc) is 2.15. The molecule has 0 atom stereocenters. The predicted molar refractivity (Wildman–Crippen MR) is 49.7 cm³/mol. The number of nitrogens with two attached hydrogens (primary N) is 1. The summed E-state index contributed by atoms with van der Waals surface area (Å²) in [6.07, 6.45) is 0. The van der Waals surface area contributed by atoms with E-state index >= 15 is 0 Å². The molecule has 1 aromatic carbocycles. The molecule has 4 nitrogen and oxygen atoms in total. The van der Waals surface area contributed by atoms with E-state index in [0.29, 0.717) is 0 Å². The number of hydrogen-bond donors (Lipinski definition) is 2. The number of nitrogens with one attached hydrogen (secondary N) is 1. The molecule has 0 unspecified atom stereocenters. The maximum absolute atomic E-state index is 12.6. The summed E-state index contributed by atoms with van der Waals surface area (Å²) >= 11 is 0. The quantitative estimate of drug-likeness (QED) is 0.420. The van der Waals surface area contributed by atoms with Gasteiger partial charge in [-0.25, -0.2) is 9.18 Å². The van der Waals surface area contributed by atoms with Gasteiger partial charge in [0.05, 0.1) is 7.11 Å². The number of anilines is 1. The fraction of sp³-hybridized carbons (Fsp3) is 0.111. The van der Waals surface area contributed by atoms with E-state index in [1.165, 1.54) is 6.07 Å². The van der Waals surface area contributed by atoms with Crippen molar-refractivity contribution in [3.8, 4) is 0 Å². The van der Waals surface area contributed by atoms with Gasteiger partial charge in [-0.2, -0.15) is 0 Å². The van der Waals surface area contributed by atoms with Gasteiger partial charge in [0.2, 0.25) is 0 Å². The van der Waals surface area contributed by atoms with Gasteiger partial charge in [-0.3, -0.25) is 5.41 Å². The lowest BCUT2D eigenvalue weighted by Gasteiger charge is -2.05. The molecule has 0 heterocycles. The third-order valence-corrected chi connectivity index (χ3v) is 1.67. The van der Waals surface area contributed by atoms with Gasteiger partial charge in [0, 0.05) is 11.3 Å². The SMILES string of the molecule is COC(=O)C(=N)c1ccc(F)cc1N. The summed E-state index contributed by atoms with van der Waals surface area (Å²) in [4.78, 5) is 11.0. The lowest BCUT2D eigenvalue weighted by molar-refractivity contribution is -0.132. The van der Waals surface area contributed by atoms with Gasteiger partial charge < -0.3 is 10.5 Å². The van der Waals surface area contributed by atoms with Crippen molar-refractivity contribution >= 4 is 17.4 Å². The molecule has 0 amide bonds. The molecule has 0 saturated carbocycles. The molecule has 0 aliphatic heterocycles. The summed E-state index contributed by atoms with van der Waals surface area (Å²) in [6, 6.07) is 3.44. The van der Waals surface area contributed by atoms with Gasteiger partial charge in [-0.05, 0) is 18.2 Å². The first-order valence-corrected chi connectivity index (χ1v) is 3.78. The Labute approximate surface area is 80.0 Å². The monoisotopic (exact) mass is 196 g/mol. The Bertz CT molecular complexity index is 390. The molecule has 0 fully saturated rings. The van der Waals surface area contributed by atoms with Crippen molar-refractivity contribution in [1.82, 2.24) is 0 Å². The third-order valence-electron chi connectivity index (χ3n) is 1.67. The van der Waals surface area contributed by atoms with Crippen LogP contribution in [0, 0.1) is 11.2 Å². The van der Waals surface area contributed by atoms with Crippen LogP contribution in [0.5, 0.6) is 0 Å². The predicted octanol–water partition coefficient (Wildman–Crippen LogP) is 0.949. The summed E-state index contributed by atoms with van der Waals surface area (Å²) in [7, 11) is 1.16. The third kappa shape index (κ3) is 1.87. The fourth-order valence-electron chi connectivity index (χ4n) is 0.973. The molecule has 0 radical (unpaired) electrons. The van der Waals surface area contributed by atoms with Crippen molar-refractivity contribution in [3.05, 3.63) is 29.6 Å². The molecule has 0 spiro atoms. The van der Waals surface area contributed by atoms with Gasteiger partial charge in [-0.15, -0.1) is 0 Å². The van der Waals surface area contributed by atoms with Crippen LogP contribution in [0.25, 0.3) is 0 Å². The molecule has 74 valence electrons. The highest BCUT2D eigenvalue weighted by Crippen LogP contribution is 2.14. The number of rotatable bonds is 2. The zero-order chi connectivity index (χ0) is 10.7. The second kappa shape index (κ2) is 3.87. The Balaban J connectivity index is 3.08. The molecule has 3 N–H and O–H groups in total. The first kappa shape index (κ1) is 10.2. The molecule has 0 aliphatic carbocycles. The number of hydrogen-bond acceptors (Lipinski definition) is 4. The topological polar surface area (TPSA) is 76.2 Å². The fourth-order valence-corrected chi connectivity index (χ4v) is 0.973. The molecule has 0 bridgehead atoms. The van der Waals surface area contributed by atoms with Crippen LogP contribution in [0.15, 0.2) is 18.2 Å².